The lowest BCUT2D eigenvalue weighted by Gasteiger charge is -2.07. The van der Waals surface area contributed by atoms with E-state index in [1.165, 1.54) is 26.0 Å². The number of hydrazone groups is 2. The van der Waals surface area contributed by atoms with Crippen molar-refractivity contribution in [3.63, 3.8) is 0 Å². The van der Waals surface area contributed by atoms with Gasteiger partial charge in [0.25, 0.3) is 5.96 Å². The summed E-state index contributed by atoms with van der Waals surface area (Å²) < 4.78 is 0. The molecular formula is C19H30Cl2N10O6S2. The monoisotopic (exact) mass is 628 g/mol. The molecule has 0 fully saturated rings. The summed E-state index contributed by atoms with van der Waals surface area (Å²) in [6.45, 7) is 0.713. The van der Waals surface area contributed by atoms with E-state index in [2.05, 4.69) is 51.9 Å². The van der Waals surface area contributed by atoms with Crippen molar-refractivity contribution in [1.29, 1.82) is 0 Å². The number of nitro groups is 2. The third-order valence-corrected chi connectivity index (χ3v) is 4.29. The van der Waals surface area contributed by atoms with Crippen molar-refractivity contribution in [1.82, 2.24) is 26.1 Å². The average Bonchev–Trinajstić information content (AvgIpc) is 2.88. The van der Waals surface area contributed by atoms with E-state index in [1.54, 1.807) is 54.7 Å². The molecule has 0 spiro atoms. The maximum absolute atomic E-state index is 10.2. The predicted octanol–water partition coefficient (Wildman–Crippen LogP) is 2.74. The zero-order valence-electron chi connectivity index (χ0n) is 21.7. The number of hydrogen-bond acceptors (Lipinski definition) is 11. The van der Waals surface area contributed by atoms with Gasteiger partial charge in [-0.1, -0.05) is 47.1 Å². The molecule has 0 bridgehead atoms. The molecule has 2 heterocycles. The van der Waals surface area contributed by atoms with Crippen molar-refractivity contribution in [2.24, 2.45) is 16.1 Å². The molecule has 39 heavy (non-hydrogen) atoms. The molecule has 2 aromatic heterocycles. The number of guanidine groups is 1. The van der Waals surface area contributed by atoms with E-state index in [0.29, 0.717) is 23.4 Å². The summed E-state index contributed by atoms with van der Waals surface area (Å²) >= 11 is 14.2. The minimum absolute atomic E-state index is 0.104. The van der Waals surface area contributed by atoms with E-state index in [4.69, 9.17) is 23.2 Å². The van der Waals surface area contributed by atoms with Crippen molar-refractivity contribution < 1.29 is 19.7 Å². The van der Waals surface area contributed by atoms with Gasteiger partial charge in [-0.3, -0.25) is 4.84 Å². The number of nitrogens with two attached hydrogens (primary N) is 1. The SMILES string of the molecule is CON.CON/C(=N\[N+](=O)[O-])NCc1ccc(Cl)nc1.CS/C(=N\[N+](=O)[O-])NCc1ccc(Cl)nc1.CSC. The molecule has 0 unspecified atom stereocenters. The van der Waals surface area contributed by atoms with Crippen molar-refractivity contribution in [2.75, 3.05) is 33.0 Å². The van der Waals surface area contributed by atoms with Crippen molar-refractivity contribution in [3.8, 4) is 0 Å². The fourth-order valence-electron chi connectivity index (χ4n) is 1.88. The Morgan fingerprint density at radius 2 is 1.38 bits per heavy atom. The number of aromatic nitrogens is 2. The zero-order valence-corrected chi connectivity index (χ0v) is 24.8. The molecule has 0 aromatic carbocycles. The zero-order chi connectivity index (χ0) is 30.1. The molecule has 20 heteroatoms. The highest BCUT2D eigenvalue weighted by molar-refractivity contribution is 8.13. The molecule has 0 saturated heterocycles. The van der Waals surface area contributed by atoms with Crippen LogP contribution in [0.3, 0.4) is 0 Å². The largest absolute Gasteiger partial charge is 0.355 e. The van der Waals surface area contributed by atoms with Crippen LogP contribution in [0.25, 0.3) is 0 Å². The lowest BCUT2D eigenvalue weighted by molar-refractivity contribution is -0.485. The molecule has 2 rings (SSSR count). The van der Waals surface area contributed by atoms with Gasteiger partial charge >= 0.3 is 0 Å². The normalized spacial score (nSPS) is 10.4. The van der Waals surface area contributed by atoms with Crippen LogP contribution in [-0.4, -0.2) is 64.1 Å². The molecule has 218 valence electrons. The lowest BCUT2D eigenvalue weighted by atomic mass is 10.3. The fraction of sp³-hybridized carbons (Fsp3) is 0.368. The summed E-state index contributed by atoms with van der Waals surface area (Å²) in [7, 11) is 2.72. The number of pyridine rings is 2. The summed E-state index contributed by atoms with van der Waals surface area (Å²) in [4.78, 5) is 36.4. The van der Waals surface area contributed by atoms with Crippen molar-refractivity contribution in [2.45, 2.75) is 13.1 Å². The highest BCUT2D eigenvalue weighted by Crippen LogP contribution is 2.06. The smallest absolute Gasteiger partial charge is 0.292 e. The van der Waals surface area contributed by atoms with Crippen LogP contribution in [0.2, 0.25) is 10.3 Å². The number of halogens is 2. The third-order valence-electron chi connectivity index (χ3n) is 3.23. The maximum atomic E-state index is 10.2. The molecule has 0 aliphatic heterocycles. The highest BCUT2D eigenvalue weighted by Gasteiger charge is 2.05. The van der Waals surface area contributed by atoms with Gasteiger partial charge in [-0.25, -0.2) is 41.6 Å². The van der Waals surface area contributed by atoms with Gasteiger partial charge in [0.2, 0.25) is 5.17 Å². The van der Waals surface area contributed by atoms with E-state index in [-0.39, 0.29) is 11.1 Å². The van der Waals surface area contributed by atoms with Gasteiger partial charge < -0.3 is 15.5 Å². The summed E-state index contributed by atoms with van der Waals surface area (Å²) in [5.41, 5.74) is 3.91. The molecule has 5 N–H and O–H groups in total. The summed E-state index contributed by atoms with van der Waals surface area (Å²) in [6, 6.07) is 6.79. The summed E-state index contributed by atoms with van der Waals surface area (Å²) in [5, 5.41) is 31.5. The number of amidine groups is 1. The fourth-order valence-corrected chi connectivity index (χ4v) is 2.47. The molecule has 0 amide bonds. The molecule has 0 aliphatic rings. The predicted molar refractivity (Wildman–Crippen MR) is 155 cm³/mol. The Labute approximate surface area is 243 Å². The summed E-state index contributed by atoms with van der Waals surface area (Å²) in [5.74, 6) is 4.24. The van der Waals surface area contributed by atoms with E-state index in [9.17, 15) is 20.2 Å². The second-order valence-electron chi connectivity index (χ2n) is 6.17. The number of rotatable bonds is 7. The highest BCUT2D eigenvalue weighted by atomic mass is 35.5. The Kier molecular flexibility index (Phi) is 24.7. The Hall–Kier alpha value is -3.00. The Morgan fingerprint density at radius 3 is 1.72 bits per heavy atom. The molecule has 0 aliphatic carbocycles. The van der Waals surface area contributed by atoms with Crippen LogP contribution in [0.15, 0.2) is 46.9 Å². The number of hydrogen-bond donors (Lipinski definition) is 4. The molecule has 0 radical (unpaired) electrons. The van der Waals surface area contributed by atoms with Crippen molar-refractivity contribution in [3.05, 3.63) is 78.3 Å². The number of nitrogens with zero attached hydrogens (tertiary/aromatic N) is 6. The van der Waals surface area contributed by atoms with E-state index < -0.39 is 10.1 Å². The first-order chi connectivity index (χ1) is 18.6. The second kappa shape index (κ2) is 25.3. The standard InChI is InChI=1S/C8H10ClN5O3.C8H9ClN4O2S.C2H6S.CH5NO/c1-17-13-8(12-14(15)16)11-5-6-2-3-7(9)10-4-6;1-16-8(12-13(14)15)11-5-6-2-3-7(9)10-4-6;2*1-3-2/h2-4H,5H2,1H3,(H2,11,12,13);2-4H,5H2,1H3,(H,11,12);1-2H3;2H2,1H3. The maximum Gasteiger partial charge on any atom is 0.292 e. The Morgan fingerprint density at radius 1 is 0.949 bits per heavy atom. The minimum Gasteiger partial charge on any atom is -0.355 e. The van der Waals surface area contributed by atoms with Crippen LogP contribution in [0.5, 0.6) is 0 Å². The molecule has 0 saturated carbocycles. The van der Waals surface area contributed by atoms with Crippen LogP contribution in [0, 0.1) is 20.2 Å². The van der Waals surface area contributed by atoms with Gasteiger partial charge in [0.15, 0.2) is 10.1 Å². The van der Waals surface area contributed by atoms with Crippen LogP contribution < -0.4 is 22.0 Å². The molecular weight excluding hydrogens is 599 g/mol. The minimum atomic E-state index is -0.839. The molecule has 16 nitrogen and oxygen atoms in total. The van der Waals surface area contributed by atoms with E-state index in [0.717, 1.165) is 11.1 Å². The molecule has 0 atom stereocenters. The second-order valence-corrected chi connectivity index (χ2v) is 8.56. The van der Waals surface area contributed by atoms with E-state index >= 15 is 0 Å². The first-order valence-electron chi connectivity index (χ1n) is 10.2. The van der Waals surface area contributed by atoms with Gasteiger partial charge in [-0.2, -0.15) is 11.8 Å². The van der Waals surface area contributed by atoms with Crippen LogP contribution >= 0.6 is 46.7 Å². The number of hydroxylamine groups is 1. The van der Waals surface area contributed by atoms with E-state index in [1.807, 2.05) is 12.5 Å². The first-order valence-corrected chi connectivity index (χ1v) is 13.8. The van der Waals surface area contributed by atoms with Gasteiger partial charge in [0.05, 0.1) is 19.3 Å². The lowest BCUT2D eigenvalue weighted by Crippen LogP contribution is -2.36. The Balaban J connectivity index is 0. The van der Waals surface area contributed by atoms with Crippen LogP contribution in [0.1, 0.15) is 11.1 Å². The van der Waals surface area contributed by atoms with Gasteiger partial charge in [-0.15, -0.1) is 0 Å². The van der Waals surface area contributed by atoms with Crippen LogP contribution in [0.4, 0.5) is 0 Å². The van der Waals surface area contributed by atoms with Crippen LogP contribution in [-0.2, 0) is 22.8 Å². The topological polar surface area (TPSA) is 217 Å². The van der Waals surface area contributed by atoms with Gasteiger partial charge in [0, 0.05) is 25.5 Å². The van der Waals surface area contributed by atoms with Gasteiger partial charge in [0.1, 0.15) is 15.4 Å². The number of thioether (sulfide) groups is 2. The summed E-state index contributed by atoms with van der Waals surface area (Å²) in [6.07, 6.45) is 8.93. The number of nitrogens with one attached hydrogen (secondary N) is 3. The molecule has 2 aromatic rings. The van der Waals surface area contributed by atoms with Crippen molar-refractivity contribution >= 4 is 57.9 Å². The first kappa shape index (κ1) is 38.1. The van der Waals surface area contributed by atoms with Gasteiger partial charge in [-0.05, 0) is 42.0 Å². The quantitative estimate of drug-likeness (QED) is 0.114. The Bertz CT molecular complexity index is 1000. The average molecular weight is 630 g/mol. The third kappa shape index (κ3) is 23.8.